The Hall–Kier alpha value is 0.274. The number of hydrogen-bond acceptors (Lipinski definition) is 4. The molecule has 0 aliphatic rings. The van der Waals surface area contributed by atoms with Crippen LogP contribution in [0, 0.1) is 0 Å². The van der Waals surface area contributed by atoms with E-state index >= 15 is 0 Å². The Kier molecular flexibility index (Phi) is 8.90. The lowest BCUT2D eigenvalue weighted by Gasteiger charge is -2.46. The molecule has 0 N–H and O–H groups in total. The second-order valence-corrected chi connectivity index (χ2v) is 15.5. The molecule has 0 saturated heterocycles. The van der Waals surface area contributed by atoms with Crippen LogP contribution in [0.4, 0.5) is 0 Å². The SMILES string of the molecule is CCCCN(CC[Si](OC)(OC)OC)[Si](C)(C)C(C)(C)C. The molecule has 0 atom stereocenters. The van der Waals surface area contributed by atoms with Gasteiger partial charge in [0.1, 0.15) is 8.24 Å². The van der Waals surface area contributed by atoms with Crippen molar-refractivity contribution >= 4 is 17.0 Å². The Labute approximate surface area is 134 Å². The molecule has 4 nitrogen and oxygen atoms in total. The molecule has 0 rings (SSSR count). The van der Waals surface area contributed by atoms with E-state index in [-0.39, 0.29) is 0 Å². The fraction of sp³-hybridized carbons (Fsp3) is 1.00. The maximum atomic E-state index is 5.57. The number of unbranched alkanes of at least 4 members (excludes halogenated alkanes) is 1. The standard InChI is InChI=1S/C15H37NO3Si2/c1-10-11-12-16(20(8,9)15(2,3)4)13-14-21(17-5,18-6)19-7/h10-14H2,1-9H3. The molecule has 0 heterocycles. The fourth-order valence-electron chi connectivity index (χ4n) is 2.32. The van der Waals surface area contributed by atoms with Crippen molar-refractivity contribution in [1.29, 1.82) is 0 Å². The van der Waals surface area contributed by atoms with Crippen LogP contribution in [-0.4, -0.2) is 56.0 Å². The van der Waals surface area contributed by atoms with Crippen LogP contribution in [0.1, 0.15) is 40.5 Å². The molecule has 0 aliphatic heterocycles. The normalized spacial score (nSPS) is 14.0. The highest BCUT2D eigenvalue weighted by atomic mass is 28.4. The van der Waals surface area contributed by atoms with Gasteiger partial charge in [-0.1, -0.05) is 47.2 Å². The van der Waals surface area contributed by atoms with Crippen molar-refractivity contribution in [3.05, 3.63) is 0 Å². The second kappa shape index (κ2) is 8.79. The minimum atomic E-state index is -2.48. The topological polar surface area (TPSA) is 30.9 Å². The molecule has 0 aromatic heterocycles. The molecule has 0 unspecified atom stereocenters. The van der Waals surface area contributed by atoms with Crippen LogP contribution in [0.5, 0.6) is 0 Å². The average molecular weight is 336 g/mol. The van der Waals surface area contributed by atoms with Gasteiger partial charge < -0.3 is 17.8 Å². The lowest BCUT2D eigenvalue weighted by Crippen LogP contribution is -2.57. The molecule has 0 amide bonds. The summed E-state index contributed by atoms with van der Waals surface area (Å²) in [5, 5.41) is 0.345. The predicted octanol–water partition coefficient (Wildman–Crippen LogP) is 3.97. The first-order valence-electron chi connectivity index (χ1n) is 8.00. The van der Waals surface area contributed by atoms with Crippen LogP contribution >= 0.6 is 0 Å². The number of rotatable bonds is 10. The summed E-state index contributed by atoms with van der Waals surface area (Å²) < 4.78 is 19.4. The molecule has 0 radical (unpaired) electrons. The van der Waals surface area contributed by atoms with Gasteiger partial charge in [0.15, 0.2) is 0 Å². The van der Waals surface area contributed by atoms with Gasteiger partial charge in [-0.3, -0.25) is 0 Å². The zero-order valence-electron chi connectivity index (χ0n) is 15.7. The summed E-state index contributed by atoms with van der Waals surface area (Å²) in [5.74, 6) is 0. The molecular formula is C15H37NO3Si2. The largest absolute Gasteiger partial charge is 0.501 e. The monoisotopic (exact) mass is 335 g/mol. The first kappa shape index (κ1) is 21.3. The summed E-state index contributed by atoms with van der Waals surface area (Å²) in [6.45, 7) is 16.5. The summed E-state index contributed by atoms with van der Waals surface area (Å²) >= 11 is 0. The first-order valence-corrected chi connectivity index (χ1v) is 12.9. The zero-order valence-corrected chi connectivity index (χ0v) is 17.7. The van der Waals surface area contributed by atoms with E-state index in [1.807, 2.05) is 0 Å². The first-order chi connectivity index (χ1) is 9.60. The van der Waals surface area contributed by atoms with Crippen LogP contribution in [0.3, 0.4) is 0 Å². The van der Waals surface area contributed by atoms with E-state index in [0.717, 1.165) is 19.1 Å². The van der Waals surface area contributed by atoms with Gasteiger partial charge in [0, 0.05) is 27.4 Å². The third-order valence-corrected chi connectivity index (χ3v) is 13.4. The van der Waals surface area contributed by atoms with E-state index in [2.05, 4.69) is 45.4 Å². The van der Waals surface area contributed by atoms with E-state index in [1.165, 1.54) is 12.8 Å². The summed E-state index contributed by atoms with van der Waals surface area (Å²) in [6.07, 6.45) is 2.47. The van der Waals surface area contributed by atoms with Gasteiger partial charge in [-0.25, -0.2) is 0 Å². The Morgan fingerprint density at radius 2 is 1.38 bits per heavy atom. The van der Waals surface area contributed by atoms with E-state index in [9.17, 15) is 0 Å². The van der Waals surface area contributed by atoms with Gasteiger partial charge in [0.05, 0.1) is 0 Å². The molecule has 0 spiro atoms. The van der Waals surface area contributed by atoms with Crippen LogP contribution in [0.2, 0.25) is 24.2 Å². The Bertz CT molecular complexity index is 281. The van der Waals surface area contributed by atoms with Gasteiger partial charge in [0.25, 0.3) is 0 Å². The summed E-state index contributed by atoms with van der Waals surface area (Å²) in [6, 6.07) is 0.854. The van der Waals surface area contributed by atoms with Gasteiger partial charge in [-0.05, 0) is 24.5 Å². The Morgan fingerprint density at radius 3 is 1.71 bits per heavy atom. The number of nitrogens with zero attached hydrogens (tertiary/aromatic N) is 1. The highest BCUT2D eigenvalue weighted by Gasteiger charge is 2.43. The molecule has 0 aromatic rings. The lowest BCUT2D eigenvalue weighted by atomic mass is 10.2. The number of hydrogen-bond donors (Lipinski definition) is 0. The van der Waals surface area contributed by atoms with Crippen LogP contribution in [0.25, 0.3) is 0 Å². The predicted molar refractivity (Wildman–Crippen MR) is 95.3 cm³/mol. The minimum Gasteiger partial charge on any atom is -0.377 e. The molecule has 0 aliphatic carbocycles. The third-order valence-electron chi connectivity index (χ3n) is 5.03. The zero-order chi connectivity index (χ0) is 16.7. The van der Waals surface area contributed by atoms with Crippen LogP contribution < -0.4 is 0 Å². The van der Waals surface area contributed by atoms with Crippen molar-refractivity contribution in [1.82, 2.24) is 4.57 Å². The van der Waals surface area contributed by atoms with E-state index < -0.39 is 17.0 Å². The maximum Gasteiger partial charge on any atom is 0.501 e. The fourth-order valence-corrected chi connectivity index (χ4v) is 6.54. The highest BCUT2D eigenvalue weighted by Crippen LogP contribution is 2.38. The lowest BCUT2D eigenvalue weighted by molar-refractivity contribution is 0.121. The third kappa shape index (κ3) is 5.76. The molecule has 0 saturated carbocycles. The van der Waals surface area contributed by atoms with Crippen molar-refractivity contribution in [2.24, 2.45) is 0 Å². The molecule has 21 heavy (non-hydrogen) atoms. The molecule has 0 aromatic carbocycles. The summed E-state index contributed by atoms with van der Waals surface area (Å²) in [5.41, 5.74) is 0. The molecule has 0 fully saturated rings. The van der Waals surface area contributed by atoms with Crippen LogP contribution in [0.15, 0.2) is 0 Å². The van der Waals surface area contributed by atoms with E-state index in [1.54, 1.807) is 21.3 Å². The van der Waals surface area contributed by atoms with Crippen molar-refractivity contribution in [2.45, 2.75) is 64.7 Å². The molecule has 128 valence electrons. The van der Waals surface area contributed by atoms with Crippen molar-refractivity contribution in [3.8, 4) is 0 Å². The van der Waals surface area contributed by atoms with Gasteiger partial charge in [-0.15, -0.1) is 0 Å². The van der Waals surface area contributed by atoms with Gasteiger partial charge in [-0.2, -0.15) is 0 Å². The quantitative estimate of drug-likeness (QED) is 0.565. The Morgan fingerprint density at radius 1 is 0.905 bits per heavy atom. The van der Waals surface area contributed by atoms with Crippen molar-refractivity contribution in [2.75, 3.05) is 34.4 Å². The summed E-state index contributed by atoms with van der Waals surface area (Å²) in [4.78, 5) is 0. The average Bonchev–Trinajstić information content (AvgIpc) is 2.42. The van der Waals surface area contributed by atoms with Gasteiger partial charge >= 0.3 is 8.80 Å². The molecular weight excluding hydrogens is 298 g/mol. The molecule has 0 bridgehead atoms. The molecule has 6 heteroatoms. The highest BCUT2D eigenvalue weighted by molar-refractivity contribution is 6.77. The maximum absolute atomic E-state index is 5.57. The second-order valence-electron chi connectivity index (χ2n) is 7.20. The van der Waals surface area contributed by atoms with E-state index in [4.69, 9.17) is 13.3 Å². The van der Waals surface area contributed by atoms with Crippen molar-refractivity contribution in [3.63, 3.8) is 0 Å². The van der Waals surface area contributed by atoms with Crippen LogP contribution in [-0.2, 0) is 13.3 Å². The minimum absolute atomic E-state index is 0.345. The van der Waals surface area contributed by atoms with Gasteiger partial charge in [0.2, 0.25) is 0 Å². The smallest absolute Gasteiger partial charge is 0.377 e. The Balaban J connectivity index is 5.02. The van der Waals surface area contributed by atoms with Crippen molar-refractivity contribution < 1.29 is 13.3 Å². The van der Waals surface area contributed by atoms with E-state index in [0.29, 0.717) is 5.04 Å². The summed E-state index contributed by atoms with van der Waals surface area (Å²) in [7, 11) is 1.09.